The summed E-state index contributed by atoms with van der Waals surface area (Å²) in [5, 5.41) is 4.26. The molecule has 1 aromatic rings. The second kappa shape index (κ2) is 7.33. The third-order valence-electron chi connectivity index (χ3n) is 4.44. The summed E-state index contributed by atoms with van der Waals surface area (Å²) >= 11 is 6.20. The smallest absolute Gasteiger partial charge is 0.0426 e. The van der Waals surface area contributed by atoms with Crippen molar-refractivity contribution < 1.29 is 0 Å². The molecule has 1 aliphatic heterocycles. The van der Waals surface area contributed by atoms with Crippen LogP contribution in [0.2, 0.25) is 5.02 Å². The summed E-state index contributed by atoms with van der Waals surface area (Å²) in [5.74, 6) is 1.68. The van der Waals surface area contributed by atoms with E-state index in [0.717, 1.165) is 43.0 Å². The normalized spacial score (nSPS) is 16.9. The summed E-state index contributed by atoms with van der Waals surface area (Å²) in [6, 6.07) is 6.29. The van der Waals surface area contributed by atoms with Crippen molar-refractivity contribution in [3.63, 3.8) is 0 Å². The average molecular weight is 295 g/mol. The minimum atomic E-state index is 0.803. The van der Waals surface area contributed by atoms with Gasteiger partial charge in [-0.1, -0.05) is 38.4 Å². The first-order chi connectivity index (χ1) is 9.61. The van der Waals surface area contributed by atoms with Crippen LogP contribution in [0, 0.1) is 11.8 Å². The second-order valence-corrected chi connectivity index (χ2v) is 6.56. The van der Waals surface area contributed by atoms with E-state index in [1.807, 2.05) is 6.07 Å². The molecular weight excluding hydrogens is 268 g/mol. The van der Waals surface area contributed by atoms with Crippen LogP contribution >= 0.6 is 11.6 Å². The third kappa shape index (κ3) is 3.89. The van der Waals surface area contributed by atoms with Gasteiger partial charge in [0.1, 0.15) is 0 Å². The van der Waals surface area contributed by atoms with E-state index in [0.29, 0.717) is 0 Å². The molecule has 0 aliphatic carbocycles. The van der Waals surface area contributed by atoms with Gasteiger partial charge in [0.15, 0.2) is 0 Å². The maximum absolute atomic E-state index is 6.20. The van der Waals surface area contributed by atoms with Crippen LogP contribution < -0.4 is 10.2 Å². The Labute approximate surface area is 128 Å². The number of nitrogens with one attached hydrogen (secondary N) is 1. The van der Waals surface area contributed by atoms with E-state index in [4.69, 9.17) is 11.6 Å². The highest BCUT2D eigenvalue weighted by Gasteiger charge is 2.23. The van der Waals surface area contributed by atoms with Crippen LogP contribution in [0.25, 0.3) is 0 Å². The van der Waals surface area contributed by atoms with Crippen molar-refractivity contribution in [1.82, 2.24) is 5.32 Å². The molecule has 0 unspecified atom stereocenters. The molecule has 0 aromatic heterocycles. The predicted octanol–water partition coefficient (Wildman–Crippen LogP) is 4.32. The molecule has 1 N–H and O–H groups in total. The molecule has 2 rings (SSSR count). The molecule has 0 saturated carbocycles. The minimum Gasteiger partial charge on any atom is -0.371 e. The Hall–Kier alpha value is -0.730. The molecule has 1 heterocycles. The molecule has 0 spiro atoms. The minimum absolute atomic E-state index is 0.803. The van der Waals surface area contributed by atoms with E-state index in [1.54, 1.807) is 0 Å². The lowest BCUT2D eigenvalue weighted by molar-refractivity contribution is 0.311. The first-order valence-corrected chi connectivity index (χ1v) is 8.23. The zero-order chi connectivity index (χ0) is 14.5. The van der Waals surface area contributed by atoms with Gasteiger partial charge in [0, 0.05) is 30.3 Å². The molecule has 112 valence electrons. The van der Waals surface area contributed by atoms with Crippen molar-refractivity contribution in [1.29, 1.82) is 0 Å². The Morgan fingerprint density at radius 3 is 2.60 bits per heavy atom. The Balaban J connectivity index is 2.09. The third-order valence-corrected chi connectivity index (χ3v) is 4.67. The molecule has 0 amide bonds. The SMILES string of the molecule is CCNCc1ccc(Cl)cc1N1CCC(C(C)C)CC1. The average Bonchev–Trinajstić information content (AvgIpc) is 2.46. The summed E-state index contributed by atoms with van der Waals surface area (Å²) in [7, 11) is 0. The Morgan fingerprint density at radius 1 is 1.30 bits per heavy atom. The Morgan fingerprint density at radius 2 is 2.00 bits per heavy atom. The van der Waals surface area contributed by atoms with Gasteiger partial charge in [-0.05, 0) is 48.9 Å². The lowest BCUT2D eigenvalue weighted by atomic mass is 9.86. The van der Waals surface area contributed by atoms with Crippen molar-refractivity contribution in [3.8, 4) is 0 Å². The molecule has 3 heteroatoms. The molecule has 20 heavy (non-hydrogen) atoms. The van der Waals surface area contributed by atoms with Crippen LogP contribution in [-0.4, -0.2) is 19.6 Å². The second-order valence-electron chi connectivity index (χ2n) is 6.12. The summed E-state index contributed by atoms with van der Waals surface area (Å²) in [6.45, 7) is 11.1. The fraction of sp³-hybridized carbons (Fsp3) is 0.647. The van der Waals surface area contributed by atoms with Gasteiger partial charge in [-0.2, -0.15) is 0 Å². The van der Waals surface area contributed by atoms with Crippen LogP contribution in [0.5, 0.6) is 0 Å². The highest BCUT2D eigenvalue weighted by atomic mass is 35.5. The first kappa shape index (κ1) is 15.7. The summed E-state index contributed by atoms with van der Waals surface area (Å²) in [4.78, 5) is 2.51. The summed E-state index contributed by atoms with van der Waals surface area (Å²) in [5.41, 5.74) is 2.68. The van der Waals surface area contributed by atoms with Gasteiger partial charge in [0.2, 0.25) is 0 Å². The fourth-order valence-electron chi connectivity index (χ4n) is 3.05. The summed E-state index contributed by atoms with van der Waals surface area (Å²) < 4.78 is 0. The number of benzene rings is 1. The number of halogens is 1. The van der Waals surface area contributed by atoms with Crippen LogP contribution in [0.3, 0.4) is 0 Å². The van der Waals surface area contributed by atoms with Crippen molar-refractivity contribution >= 4 is 17.3 Å². The van der Waals surface area contributed by atoms with Crippen molar-refractivity contribution in [2.45, 2.75) is 40.2 Å². The zero-order valence-corrected chi connectivity index (χ0v) is 13.7. The van der Waals surface area contributed by atoms with Gasteiger partial charge < -0.3 is 10.2 Å². The van der Waals surface area contributed by atoms with Gasteiger partial charge in [-0.25, -0.2) is 0 Å². The van der Waals surface area contributed by atoms with Crippen molar-refractivity contribution in [2.24, 2.45) is 11.8 Å². The van der Waals surface area contributed by atoms with E-state index in [9.17, 15) is 0 Å². The molecule has 0 atom stereocenters. The first-order valence-electron chi connectivity index (χ1n) is 7.86. The summed E-state index contributed by atoms with van der Waals surface area (Å²) in [6.07, 6.45) is 2.59. The molecule has 0 bridgehead atoms. The van der Waals surface area contributed by atoms with E-state index in [1.165, 1.54) is 24.1 Å². The van der Waals surface area contributed by atoms with Gasteiger partial charge in [-0.3, -0.25) is 0 Å². The molecule has 1 saturated heterocycles. The molecule has 0 radical (unpaired) electrons. The number of nitrogens with zero attached hydrogens (tertiary/aromatic N) is 1. The quantitative estimate of drug-likeness (QED) is 0.870. The largest absolute Gasteiger partial charge is 0.371 e. The van der Waals surface area contributed by atoms with Crippen LogP contribution in [-0.2, 0) is 6.54 Å². The van der Waals surface area contributed by atoms with Crippen molar-refractivity contribution in [2.75, 3.05) is 24.5 Å². The van der Waals surface area contributed by atoms with Gasteiger partial charge in [0.25, 0.3) is 0 Å². The number of hydrogen-bond acceptors (Lipinski definition) is 2. The monoisotopic (exact) mass is 294 g/mol. The van der Waals surface area contributed by atoms with Crippen molar-refractivity contribution in [3.05, 3.63) is 28.8 Å². The lowest BCUT2D eigenvalue weighted by Crippen LogP contribution is -2.36. The van der Waals surface area contributed by atoms with E-state index >= 15 is 0 Å². The van der Waals surface area contributed by atoms with Gasteiger partial charge in [0.05, 0.1) is 0 Å². The lowest BCUT2D eigenvalue weighted by Gasteiger charge is -2.36. The molecule has 1 aromatic carbocycles. The fourth-order valence-corrected chi connectivity index (χ4v) is 3.21. The highest BCUT2D eigenvalue weighted by Crippen LogP contribution is 2.31. The van der Waals surface area contributed by atoms with Gasteiger partial charge >= 0.3 is 0 Å². The molecule has 1 fully saturated rings. The maximum atomic E-state index is 6.20. The van der Waals surface area contributed by atoms with E-state index in [-0.39, 0.29) is 0 Å². The van der Waals surface area contributed by atoms with Crippen LogP contribution in [0.15, 0.2) is 18.2 Å². The van der Waals surface area contributed by atoms with Gasteiger partial charge in [-0.15, -0.1) is 0 Å². The Kier molecular flexibility index (Phi) is 5.74. The number of rotatable bonds is 5. The standard InChI is InChI=1S/C17H27ClN2/c1-4-19-12-15-5-6-16(18)11-17(15)20-9-7-14(8-10-20)13(2)3/h5-6,11,13-14,19H,4,7-10,12H2,1-3H3. The van der Waals surface area contributed by atoms with Crippen LogP contribution in [0.1, 0.15) is 39.2 Å². The molecule has 2 nitrogen and oxygen atoms in total. The van der Waals surface area contributed by atoms with E-state index < -0.39 is 0 Å². The topological polar surface area (TPSA) is 15.3 Å². The Bertz CT molecular complexity index is 423. The molecule has 1 aliphatic rings. The maximum Gasteiger partial charge on any atom is 0.0426 e. The number of hydrogen-bond donors (Lipinski definition) is 1. The van der Waals surface area contributed by atoms with Crippen LogP contribution in [0.4, 0.5) is 5.69 Å². The number of anilines is 1. The van der Waals surface area contributed by atoms with E-state index in [2.05, 4.69) is 43.1 Å². The highest BCUT2D eigenvalue weighted by molar-refractivity contribution is 6.30. The number of piperidine rings is 1. The molecular formula is C17H27ClN2. The zero-order valence-electron chi connectivity index (χ0n) is 13.0. The predicted molar refractivity (Wildman–Crippen MR) is 88.6 cm³/mol.